The smallest absolute Gasteiger partial charge is 0.255 e. The molecule has 1 heterocycles. The van der Waals surface area contributed by atoms with E-state index in [1.54, 1.807) is 19.5 Å². The van der Waals surface area contributed by atoms with Crippen molar-refractivity contribution in [2.24, 2.45) is 0 Å². The molecule has 1 atom stereocenters. The van der Waals surface area contributed by atoms with Crippen LogP contribution in [0.1, 0.15) is 35.8 Å². The fraction of sp³-hybridized carbons (Fsp3) is 0.429. The van der Waals surface area contributed by atoms with E-state index in [-0.39, 0.29) is 11.9 Å². The molecule has 146 valence electrons. The molecule has 0 radical (unpaired) electrons. The molecule has 0 fully saturated rings. The van der Waals surface area contributed by atoms with Crippen molar-refractivity contribution in [1.82, 2.24) is 15.2 Å². The summed E-state index contributed by atoms with van der Waals surface area (Å²) in [5, 5.41) is 3.09. The van der Waals surface area contributed by atoms with Gasteiger partial charge < -0.3 is 15.0 Å². The molecule has 6 heteroatoms. The van der Waals surface area contributed by atoms with E-state index in [1.165, 1.54) is 0 Å². The molecule has 2 aromatic rings. The zero-order valence-electron chi connectivity index (χ0n) is 16.9. The van der Waals surface area contributed by atoms with Crippen LogP contribution in [-0.4, -0.2) is 56.6 Å². The van der Waals surface area contributed by atoms with E-state index in [0.29, 0.717) is 12.1 Å². The SMILES string of the molecule is CCN(CC)C(CNC(=O)c1cnccc1N(C)C)c1cccc(OC)c1. The third kappa shape index (κ3) is 5.20. The zero-order valence-corrected chi connectivity index (χ0v) is 16.9. The number of nitrogens with zero attached hydrogens (tertiary/aromatic N) is 3. The van der Waals surface area contributed by atoms with Crippen LogP contribution in [0.2, 0.25) is 0 Å². The fourth-order valence-corrected chi connectivity index (χ4v) is 3.21. The first-order chi connectivity index (χ1) is 13.0. The summed E-state index contributed by atoms with van der Waals surface area (Å²) in [7, 11) is 5.50. The summed E-state index contributed by atoms with van der Waals surface area (Å²) < 4.78 is 5.37. The number of pyridine rings is 1. The Balaban J connectivity index is 2.22. The number of hydrogen-bond acceptors (Lipinski definition) is 5. The Hall–Kier alpha value is -2.60. The summed E-state index contributed by atoms with van der Waals surface area (Å²) in [6.45, 7) is 6.55. The van der Waals surface area contributed by atoms with E-state index in [2.05, 4.69) is 35.1 Å². The molecule has 1 N–H and O–H groups in total. The number of carbonyl (C=O) groups is 1. The highest BCUT2D eigenvalue weighted by Crippen LogP contribution is 2.24. The number of likely N-dealkylation sites (N-methyl/N-ethyl adjacent to an activating group) is 1. The number of rotatable bonds is 9. The van der Waals surface area contributed by atoms with E-state index in [4.69, 9.17) is 4.74 Å². The molecule has 0 spiro atoms. The summed E-state index contributed by atoms with van der Waals surface area (Å²) in [5.41, 5.74) is 2.55. The van der Waals surface area contributed by atoms with Crippen LogP contribution in [0.25, 0.3) is 0 Å². The van der Waals surface area contributed by atoms with Gasteiger partial charge in [0.05, 0.1) is 24.4 Å². The van der Waals surface area contributed by atoms with Gasteiger partial charge >= 0.3 is 0 Å². The molecule has 27 heavy (non-hydrogen) atoms. The summed E-state index contributed by atoms with van der Waals surface area (Å²) in [4.78, 5) is 21.2. The number of benzene rings is 1. The van der Waals surface area contributed by atoms with Gasteiger partial charge in [0.2, 0.25) is 0 Å². The van der Waals surface area contributed by atoms with Gasteiger partial charge in [-0.2, -0.15) is 0 Å². The van der Waals surface area contributed by atoms with E-state index >= 15 is 0 Å². The molecule has 1 amide bonds. The summed E-state index contributed by atoms with van der Waals surface area (Å²) in [5.74, 6) is 0.699. The van der Waals surface area contributed by atoms with Crippen LogP contribution in [-0.2, 0) is 0 Å². The predicted octanol–water partition coefficient (Wildman–Crippen LogP) is 2.97. The molecule has 1 aromatic heterocycles. The largest absolute Gasteiger partial charge is 0.497 e. The summed E-state index contributed by atoms with van der Waals surface area (Å²) >= 11 is 0. The van der Waals surface area contributed by atoms with Crippen molar-refractivity contribution in [1.29, 1.82) is 0 Å². The molecule has 1 unspecified atom stereocenters. The third-order valence-corrected chi connectivity index (χ3v) is 4.71. The maximum Gasteiger partial charge on any atom is 0.255 e. The fourth-order valence-electron chi connectivity index (χ4n) is 3.21. The van der Waals surface area contributed by atoms with E-state index in [0.717, 1.165) is 30.1 Å². The Morgan fingerprint density at radius 2 is 1.96 bits per heavy atom. The van der Waals surface area contributed by atoms with Gasteiger partial charge in [-0.15, -0.1) is 0 Å². The average molecular weight is 370 g/mol. The van der Waals surface area contributed by atoms with Crippen molar-refractivity contribution in [2.75, 3.05) is 45.7 Å². The molecule has 0 saturated heterocycles. The molecule has 2 rings (SSSR count). The van der Waals surface area contributed by atoms with Gasteiger partial charge in [-0.1, -0.05) is 26.0 Å². The number of amides is 1. The van der Waals surface area contributed by atoms with Gasteiger partial charge in [0.1, 0.15) is 5.75 Å². The lowest BCUT2D eigenvalue weighted by molar-refractivity contribution is 0.0935. The van der Waals surface area contributed by atoms with Gasteiger partial charge in [-0.25, -0.2) is 0 Å². The van der Waals surface area contributed by atoms with Gasteiger partial charge in [0.25, 0.3) is 5.91 Å². The third-order valence-electron chi connectivity index (χ3n) is 4.71. The second-order valence-electron chi connectivity index (χ2n) is 6.51. The molecule has 0 saturated carbocycles. The number of aromatic nitrogens is 1. The lowest BCUT2D eigenvalue weighted by Crippen LogP contribution is -2.38. The van der Waals surface area contributed by atoms with Crippen LogP contribution < -0.4 is 15.0 Å². The van der Waals surface area contributed by atoms with Crippen LogP contribution in [0.15, 0.2) is 42.7 Å². The highest BCUT2D eigenvalue weighted by molar-refractivity contribution is 5.99. The van der Waals surface area contributed by atoms with Crippen LogP contribution in [0, 0.1) is 0 Å². The van der Waals surface area contributed by atoms with Crippen molar-refractivity contribution < 1.29 is 9.53 Å². The van der Waals surface area contributed by atoms with Gasteiger partial charge in [-0.3, -0.25) is 14.7 Å². The van der Waals surface area contributed by atoms with E-state index in [1.807, 2.05) is 43.3 Å². The standard InChI is InChI=1S/C21H30N4O2/c1-6-25(7-2)20(16-9-8-10-17(13-16)27-5)15-23-21(26)18-14-22-12-11-19(18)24(3)4/h8-14,20H,6-7,15H2,1-5H3,(H,23,26). The molecule has 6 nitrogen and oxygen atoms in total. The first-order valence-electron chi connectivity index (χ1n) is 9.29. The summed E-state index contributed by atoms with van der Waals surface area (Å²) in [6, 6.07) is 9.94. The maximum atomic E-state index is 12.8. The highest BCUT2D eigenvalue weighted by Gasteiger charge is 2.21. The lowest BCUT2D eigenvalue weighted by Gasteiger charge is -2.30. The second-order valence-corrected chi connectivity index (χ2v) is 6.51. The Morgan fingerprint density at radius 1 is 1.22 bits per heavy atom. The first kappa shape index (κ1) is 20.7. The van der Waals surface area contributed by atoms with Crippen LogP contribution >= 0.6 is 0 Å². The van der Waals surface area contributed by atoms with Crippen molar-refractivity contribution in [3.8, 4) is 5.75 Å². The Kier molecular flexibility index (Phi) is 7.61. The van der Waals surface area contributed by atoms with Gasteiger partial charge in [0.15, 0.2) is 0 Å². The van der Waals surface area contributed by atoms with Crippen molar-refractivity contribution >= 4 is 11.6 Å². The van der Waals surface area contributed by atoms with Gasteiger partial charge in [-0.05, 0) is 36.9 Å². The normalized spacial score (nSPS) is 11.9. The molecule has 0 aliphatic heterocycles. The molecule has 0 bridgehead atoms. The van der Waals surface area contributed by atoms with E-state index in [9.17, 15) is 4.79 Å². The van der Waals surface area contributed by atoms with Crippen molar-refractivity contribution in [3.63, 3.8) is 0 Å². The molecular weight excluding hydrogens is 340 g/mol. The summed E-state index contributed by atoms with van der Waals surface area (Å²) in [6.07, 6.45) is 3.31. The number of hydrogen-bond donors (Lipinski definition) is 1. The molecule has 0 aliphatic carbocycles. The minimum absolute atomic E-state index is 0.0681. The van der Waals surface area contributed by atoms with Crippen LogP contribution in [0.4, 0.5) is 5.69 Å². The number of anilines is 1. The predicted molar refractivity (Wildman–Crippen MR) is 110 cm³/mol. The first-order valence-corrected chi connectivity index (χ1v) is 9.29. The van der Waals surface area contributed by atoms with Gasteiger partial charge in [0, 0.05) is 33.0 Å². The lowest BCUT2D eigenvalue weighted by atomic mass is 10.0. The Bertz CT molecular complexity index is 744. The minimum atomic E-state index is -0.119. The zero-order chi connectivity index (χ0) is 19.8. The molecule has 0 aliphatic rings. The number of ether oxygens (including phenoxy) is 1. The van der Waals surface area contributed by atoms with Crippen LogP contribution in [0.5, 0.6) is 5.75 Å². The topological polar surface area (TPSA) is 57.7 Å². The Morgan fingerprint density at radius 3 is 2.59 bits per heavy atom. The van der Waals surface area contributed by atoms with E-state index < -0.39 is 0 Å². The quantitative estimate of drug-likeness (QED) is 0.735. The number of carbonyl (C=O) groups excluding carboxylic acids is 1. The van der Waals surface area contributed by atoms with Crippen molar-refractivity contribution in [2.45, 2.75) is 19.9 Å². The molecular formula is C21H30N4O2. The minimum Gasteiger partial charge on any atom is -0.497 e. The second kappa shape index (κ2) is 9.92. The average Bonchev–Trinajstić information content (AvgIpc) is 2.70. The monoisotopic (exact) mass is 370 g/mol. The Labute approximate surface area is 162 Å². The number of nitrogens with one attached hydrogen (secondary N) is 1. The maximum absolute atomic E-state index is 12.8. The van der Waals surface area contributed by atoms with Crippen molar-refractivity contribution in [3.05, 3.63) is 53.9 Å². The highest BCUT2D eigenvalue weighted by atomic mass is 16.5. The van der Waals surface area contributed by atoms with Crippen LogP contribution in [0.3, 0.4) is 0 Å². The number of methoxy groups -OCH3 is 1. The molecule has 1 aromatic carbocycles.